The van der Waals surface area contributed by atoms with E-state index in [0.29, 0.717) is 35.7 Å². The van der Waals surface area contributed by atoms with Crippen molar-refractivity contribution in [3.63, 3.8) is 0 Å². The van der Waals surface area contributed by atoms with Crippen LogP contribution in [0.1, 0.15) is 225 Å². The molecule has 0 spiro atoms. The van der Waals surface area contributed by atoms with Crippen LogP contribution in [0.4, 0.5) is 0 Å². The van der Waals surface area contributed by atoms with Crippen LogP contribution in [0, 0.1) is 6.92 Å². The summed E-state index contributed by atoms with van der Waals surface area (Å²) in [5.74, 6) is -1.46. The van der Waals surface area contributed by atoms with Gasteiger partial charge in [0, 0.05) is 0 Å². The smallest absolute Gasteiger partial charge is 0.343 e. The molecular weight excluding hydrogens is 945 g/mol. The molecule has 0 amide bonds. The van der Waals surface area contributed by atoms with Gasteiger partial charge in [-0.05, 0) is 135 Å². The number of ether oxygens (including phenoxy) is 6. The number of hydrogen-bond donors (Lipinski definition) is 0. The highest BCUT2D eigenvalue weighted by Crippen LogP contribution is 2.25. The molecule has 5 rings (SSSR count). The maximum absolute atomic E-state index is 13.2. The summed E-state index contributed by atoms with van der Waals surface area (Å²) in [4.78, 5) is 64.7. The van der Waals surface area contributed by atoms with Crippen molar-refractivity contribution in [3.05, 3.63) is 149 Å². The van der Waals surface area contributed by atoms with Crippen LogP contribution in [-0.4, -0.2) is 43.1 Å². The van der Waals surface area contributed by atoms with Gasteiger partial charge in [-0.2, -0.15) is 0 Å². The van der Waals surface area contributed by atoms with Crippen molar-refractivity contribution in [3.8, 4) is 28.7 Å². The van der Waals surface area contributed by atoms with Crippen LogP contribution in [0.2, 0.25) is 0 Å². The molecule has 0 aromatic heterocycles. The normalized spacial score (nSPS) is 10.9. The first-order valence-electron chi connectivity index (χ1n) is 27.8. The second-order valence-corrected chi connectivity index (χ2v) is 19.4. The number of carbonyl (C=O) groups excluding carboxylic acids is 5. The molecule has 75 heavy (non-hydrogen) atoms. The van der Waals surface area contributed by atoms with Crippen LogP contribution in [0.5, 0.6) is 28.7 Å². The molecule has 0 fully saturated rings. The maximum atomic E-state index is 13.2. The van der Waals surface area contributed by atoms with Crippen LogP contribution >= 0.6 is 0 Å². The molecule has 0 aliphatic carbocycles. The Hall–Kier alpha value is -6.75. The molecule has 5 aromatic rings. The van der Waals surface area contributed by atoms with Crippen molar-refractivity contribution in [2.75, 3.05) is 13.2 Å². The molecule has 0 bridgehead atoms. The first-order valence-corrected chi connectivity index (χ1v) is 27.8. The third kappa shape index (κ3) is 22.7. The lowest BCUT2D eigenvalue weighted by atomic mass is 10.1. The highest BCUT2D eigenvalue weighted by Gasteiger charge is 2.18. The zero-order chi connectivity index (χ0) is 53.3. The van der Waals surface area contributed by atoms with Gasteiger partial charge in [-0.15, -0.1) is 0 Å². The standard InChI is InChI=1S/C64H80O11/c1-4-6-8-10-12-14-16-18-20-22-24-26-46-70-55-38-30-51(31-39-55)61(66)73-57-44-36-53(37-45-57)63(68)75-59-48-54(29-28-49(59)3)64(69)74-58-42-34-52(35-43-58)62(67)72-56-40-32-50(33-41-56)60(65)71-47-27-25-23-21-19-17-15-13-11-9-7-5-2/h28-45,48H,4-27,46-47H2,1-3H3. The van der Waals surface area contributed by atoms with Gasteiger partial charge in [0.05, 0.1) is 41.0 Å². The summed E-state index contributed by atoms with van der Waals surface area (Å²) in [5.41, 5.74) is 1.88. The largest absolute Gasteiger partial charge is 0.494 e. The van der Waals surface area contributed by atoms with Gasteiger partial charge < -0.3 is 28.4 Å². The second kappa shape index (κ2) is 34.7. The summed E-state index contributed by atoms with van der Waals surface area (Å²) in [6, 6.07) is 29.5. The lowest BCUT2D eigenvalue weighted by Gasteiger charge is -2.11. The molecule has 0 radical (unpaired) electrons. The third-order valence-electron chi connectivity index (χ3n) is 13.1. The molecule has 5 aromatic carbocycles. The van der Waals surface area contributed by atoms with Crippen molar-refractivity contribution < 1.29 is 52.4 Å². The molecule has 11 heteroatoms. The third-order valence-corrected chi connectivity index (χ3v) is 13.1. The van der Waals surface area contributed by atoms with E-state index in [1.54, 1.807) is 55.5 Å². The lowest BCUT2D eigenvalue weighted by molar-refractivity contribution is 0.0496. The molecular formula is C64H80O11. The fourth-order valence-corrected chi connectivity index (χ4v) is 8.48. The monoisotopic (exact) mass is 1020 g/mol. The quantitative estimate of drug-likeness (QED) is 0.0215. The van der Waals surface area contributed by atoms with Gasteiger partial charge in [0.25, 0.3) is 0 Å². The van der Waals surface area contributed by atoms with Crippen molar-refractivity contribution in [1.29, 1.82) is 0 Å². The van der Waals surface area contributed by atoms with E-state index in [1.165, 1.54) is 189 Å². The molecule has 0 N–H and O–H groups in total. The van der Waals surface area contributed by atoms with Gasteiger partial charge in [-0.25, -0.2) is 24.0 Å². The van der Waals surface area contributed by atoms with E-state index in [-0.39, 0.29) is 39.7 Å². The lowest BCUT2D eigenvalue weighted by Crippen LogP contribution is -2.13. The molecule has 0 saturated heterocycles. The Morgan fingerprint density at radius 2 is 0.600 bits per heavy atom. The fourth-order valence-electron chi connectivity index (χ4n) is 8.48. The van der Waals surface area contributed by atoms with Gasteiger partial charge >= 0.3 is 29.8 Å². The van der Waals surface area contributed by atoms with Crippen LogP contribution < -0.4 is 23.7 Å². The summed E-state index contributed by atoms with van der Waals surface area (Å²) in [7, 11) is 0. The number of rotatable bonds is 36. The highest BCUT2D eigenvalue weighted by atomic mass is 16.6. The summed E-state index contributed by atoms with van der Waals surface area (Å²) >= 11 is 0. The fraction of sp³-hybridized carbons (Fsp3) is 0.453. The minimum Gasteiger partial charge on any atom is -0.494 e. The Balaban J connectivity index is 0.971. The summed E-state index contributed by atoms with van der Waals surface area (Å²) in [6.07, 6.45) is 30.2. The van der Waals surface area contributed by atoms with Crippen molar-refractivity contribution >= 4 is 29.8 Å². The van der Waals surface area contributed by atoms with Crippen molar-refractivity contribution in [2.24, 2.45) is 0 Å². The van der Waals surface area contributed by atoms with Crippen LogP contribution in [0.3, 0.4) is 0 Å². The van der Waals surface area contributed by atoms with E-state index >= 15 is 0 Å². The molecule has 0 saturated carbocycles. The minimum absolute atomic E-state index is 0.130. The SMILES string of the molecule is CCCCCCCCCCCCCCOC(=O)c1ccc(OC(=O)c2ccc(OC(=O)c3ccc(C)c(OC(=O)c4ccc(OC(=O)c5ccc(OCCCCCCCCCCCCCC)cc5)cc4)c3)cc2)cc1. The average Bonchev–Trinajstić information content (AvgIpc) is 3.42. The van der Waals surface area contributed by atoms with E-state index in [0.717, 1.165) is 32.1 Å². The zero-order valence-corrected chi connectivity index (χ0v) is 44.8. The summed E-state index contributed by atoms with van der Waals surface area (Å²) in [5, 5.41) is 0. The number of carbonyl (C=O) groups is 5. The first kappa shape index (κ1) is 59.1. The van der Waals surface area contributed by atoms with E-state index < -0.39 is 29.8 Å². The molecule has 0 heterocycles. The van der Waals surface area contributed by atoms with E-state index in [2.05, 4.69) is 13.8 Å². The summed E-state index contributed by atoms with van der Waals surface area (Å²) < 4.78 is 33.6. The number of esters is 5. The Morgan fingerprint density at radius 3 is 0.987 bits per heavy atom. The summed E-state index contributed by atoms with van der Waals surface area (Å²) in [6.45, 7) is 7.23. The predicted molar refractivity (Wildman–Crippen MR) is 295 cm³/mol. The van der Waals surface area contributed by atoms with Gasteiger partial charge in [-0.1, -0.05) is 161 Å². The van der Waals surface area contributed by atoms with Crippen molar-refractivity contribution in [2.45, 2.75) is 175 Å². The molecule has 402 valence electrons. The van der Waals surface area contributed by atoms with Gasteiger partial charge in [-0.3, -0.25) is 0 Å². The Labute approximate surface area is 446 Å². The first-order chi connectivity index (χ1) is 36.6. The zero-order valence-electron chi connectivity index (χ0n) is 44.8. The molecule has 0 aliphatic heterocycles. The Bertz CT molecular complexity index is 2460. The molecule has 11 nitrogen and oxygen atoms in total. The molecule has 0 aliphatic rings. The molecule has 0 unspecified atom stereocenters. The molecule has 0 atom stereocenters. The van der Waals surface area contributed by atoms with Gasteiger partial charge in [0.15, 0.2) is 0 Å². The second-order valence-electron chi connectivity index (χ2n) is 19.4. The van der Waals surface area contributed by atoms with E-state index in [9.17, 15) is 24.0 Å². The number of unbranched alkanes of at least 4 members (excludes halogenated alkanes) is 22. The van der Waals surface area contributed by atoms with E-state index in [1.807, 2.05) is 0 Å². The van der Waals surface area contributed by atoms with Gasteiger partial charge in [0.1, 0.15) is 28.7 Å². The van der Waals surface area contributed by atoms with Gasteiger partial charge in [0.2, 0.25) is 0 Å². The Morgan fingerprint density at radius 1 is 0.307 bits per heavy atom. The van der Waals surface area contributed by atoms with Crippen LogP contribution in [0.15, 0.2) is 115 Å². The highest BCUT2D eigenvalue weighted by molar-refractivity contribution is 5.95. The van der Waals surface area contributed by atoms with Crippen LogP contribution in [-0.2, 0) is 4.74 Å². The Kier molecular flexibility index (Phi) is 27.3. The predicted octanol–water partition coefficient (Wildman–Crippen LogP) is 16.8. The topological polar surface area (TPSA) is 141 Å². The van der Waals surface area contributed by atoms with E-state index in [4.69, 9.17) is 28.4 Å². The number of benzene rings is 5. The maximum Gasteiger partial charge on any atom is 0.343 e. The number of hydrogen-bond acceptors (Lipinski definition) is 11. The van der Waals surface area contributed by atoms with Crippen LogP contribution in [0.25, 0.3) is 0 Å². The average molecular weight is 1030 g/mol. The van der Waals surface area contributed by atoms with Crippen molar-refractivity contribution in [1.82, 2.24) is 0 Å². The minimum atomic E-state index is -0.710. The number of aryl methyl sites for hydroxylation is 1.